The van der Waals surface area contributed by atoms with Gasteiger partial charge in [0.25, 0.3) is 0 Å². The van der Waals surface area contributed by atoms with Gasteiger partial charge in [-0.1, -0.05) is 0 Å². The van der Waals surface area contributed by atoms with Crippen LogP contribution in [0.2, 0.25) is 0 Å². The van der Waals surface area contributed by atoms with Gasteiger partial charge in [-0.2, -0.15) is 0 Å². The summed E-state index contributed by atoms with van der Waals surface area (Å²) >= 11 is 0. The summed E-state index contributed by atoms with van der Waals surface area (Å²) in [6.45, 7) is -0.750. The van der Waals surface area contributed by atoms with Crippen LogP contribution in [0.5, 0.6) is 0 Å². The fourth-order valence-corrected chi connectivity index (χ4v) is 0.361. The van der Waals surface area contributed by atoms with Crippen molar-refractivity contribution in [3.05, 3.63) is 0 Å². The molecular formula is C5H12N2O2. The zero-order valence-electron chi connectivity index (χ0n) is 5.30. The third-order valence-electron chi connectivity index (χ3n) is 1.48. The molecule has 0 unspecified atom stereocenters. The van der Waals surface area contributed by atoms with Crippen molar-refractivity contribution in [3.8, 4) is 0 Å². The van der Waals surface area contributed by atoms with E-state index in [9.17, 15) is 10.2 Å². The first-order valence-corrected chi connectivity index (χ1v) is 2.81. The van der Waals surface area contributed by atoms with Crippen LogP contribution in [0.4, 0.5) is 0 Å². The molecule has 0 rings (SSSR count). The lowest BCUT2D eigenvalue weighted by atomic mass is 9.91. The summed E-state index contributed by atoms with van der Waals surface area (Å²) in [5.74, 6) is 0. The molecule has 0 aromatic rings. The predicted octanol–water partition coefficient (Wildman–Crippen LogP) is -1.25. The van der Waals surface area contributed by atoms with E-state index in [-0.39, 0.29) is 13.1 Å². The monoisotopic (exact) mass is 132 g/mol. The second-order valence-electron chi connectivity index (χ2n) is 2.20. The van der Waals surface area contributed by atoms with Crippen LogP contribution in [-0.2, 0) is 10.2 Å². The summed E-state index contributed by atoms with van der Waals surface area (Å²) in [5.41, 5.74) is 9.43. The molecule has 0 aliphatic carbocycles. The normalized spacial score (nSPS) is 12.0. The molecule has 0 bridgehead atoms. The number of hydrogen-bond acceptors (Lipinski definition) is 2. The lowest BCUT2D eigenvalue weighted by Gasteiger charge is -2.23. The van der Waals surface area contributed by atoms with Gasteiger partial charge in [0.05, 0.1) is 13.2 Å². The SMILES string of the molecule is NCC(CN)(C[O])C[O]. The molecule has 4 N–H and O–H groups in total. The van der Waals surface area contributed by atoms with Crippen molar-refractivity contribution in [2.75, 3.05) is 26.3 Å². The summed E-state index contributed by atoms with van der Waals surface area (Å²) in [6, 6.07) is 0. The molecule has 4 nitrogen and oxygen atoms in total. The summed E-state index contributed by atoms with van der Waals surface area (Å²) in [4.78, 5) is 0. The molecule has 0 amide bonds. The average molecular weight is 132 g/mol. The van der Waals surface area contributed by atoms with Gasteiger partial charge in [0.2, 0.25) is 0 Å². The van der Waals surface area contributed by atoms with Gasteiger partial charge in [-0.3, -0.25) is 0 Å². The van der Waals surface area contributed by atoms with Crippen LogP contribution in [0.1, 0.15) is 0 Å². The minimum absolute atomic E-state index is 0.0938. The Bertz CT molecular complexity index is 55.8. The van der Waals surface area contributed by atoms with Crippen molar-refractivity contribution in [3.63, 3.8) is 0 Å². The van der Waals surface area contributed by atoms with Crippen molar-refractivity contribution in [2.45, 2.75) is 0 Å². The average Bonchev–Trinajstić information content (AvgIpc) is 1.95. The highest BCUT2D eigenvalue weighted by Crippen LogP contribution is 2.10. The Balaban J connectivity index is 3.82. The van der Waals surface area contributed by atoms with Crippen molar-refractivity contribution < 1.29 is 10.2 Å². The maximum absolute atomic E-state index is 10.3. The third kappa shape index (κ3) is 1.91. The summed E-state index contributed by atoms with van der Waals surface area (Å²) < 4.78 is 0. The Morgan fingerprint density at radius 1 is 1.00 bits per heavy atom. The van der Waals surface area contributed by atoms with E-state index < -0.39 is 18.6 Å². The van der Waals surface area contributed by atoms with Crippen LogP contribution < -0.4 is 11.5 Å². The van der Waals surface area contributed by atoms with E-state index in [0.717, 1.165) is 0 Å². The number of hydrogen-bond donors (Lipinski definition) is 2. The van der Waals surface area contributed by atoms with E-state index in [1.807, 2.05) is 0 Å². The standard InChI is InChI=1S/C5H12N2O2/c6-1-5(2-7,3-8)4-9/h1-4,6-7H2. The van der Waals surface area contributed by atoms with Gasteiger partial charge in [0, 0.05) is 18.5 Å². The molecular weight excluding hydrogens is 120 g/mol. The molecule has 0 saturated carbocycles. The van der Waals surface area contributed by atoms with E-state index in [1.54, 1.807) is 0 Å². The van der Waals surface area contributed by atoms with Crippen LogP contribution in [0, 0.1) is 5.41 Å². The molecule has 0 aromatic carbocycles. The Labute approximate surface area is 54.5 Å². The summed E-state index contributed by atoms with van der Waals surface area (Å²) in [5, 5.41) is 20.6. The van der Waals surface area contributed by atoms with Gasteiger partial charge in [0.15, 0.2) is 0 Å². The van der Waals surface area contributed by atoms with Gasteiger partial charge in [-0.25, -0.2) is 10.2 Å². The lowest BCUT2D eigenvalue weighted by molar-refractivity contribution is 0.00568. The topological polar surface area (TPSA) is 91.8 Å². The highest BCUT2D eigenvalue weighted by atomic mass is 16.3. The molecule has 54 valence electrons. The minimum Gasteiger partial charge on any atom is -0.330 e. The molecule has 0 aromatic heterocycles. The van der Waals surface area contributed by atoms with E-state index in [2.05, 4.69) is 0 Å². The van der Waals surface area contributed by atoms with E-state index in [1.165, 1.54) is 0 Å². The molecule has 0 fully saturated rings. The second-order valence-corrected chi connectivity index (χ2v) is 2.20. The van der Waals surface area contributed by atoms with Gasteiger partial charge in [-0.15, -0.1) is 0 Å². The van der Waals surface area contributed by atoms with Gasteiger partial charge in [0.1, 0.15) is 0 Å². The molecule has 0 aliphatic rings. The molecule has 0 saturated heterocycles. The van der Waals surface area contributed by atoms with Crippen molar-refractivity contribution in [1.82, 2.24) is 0 Å². The van der Waals surface area contributed by atoms with E-state index in [4.69, 9.17) is 11.5 Å². The van der Waals surface area contributed by atoms with Gasteiger partial charge >= 0.3 is 0 Å². The molecule has 2 radical (unpaired) electrons. The van der Waals surface area contributed by atoms with Crippen molar-refractivity contribution >= 4 is 0 Å². The largest absolute Gasteiger partial charge is 0.330 e. The van der Waals surface area contributed by atoms with Gasteiger partial charge < -0.3 is 11.5 Å². The van der Waals surface area contributed by atoms with Crippen LogP contribution in [0.25, 0.3) is 0 Å². The third-order valence-corrected chi connectivity index (χ3v) is 1.48. The van der Waals surface area contributed by atoms with Gasteiger partial charge in [-0.05, 0) is 0 Å². The maximum atomic E-state index is 10.3. The zero-order chi connectivity index (χ0) is 7.33. The Morgan fingerprint density at radius 3 is 1.33 bits per heavy atom. The predicted molar refractivity (Wildman–Crippen MR) is 31.6 cm³/mol. The molecule has 0 aliphatic heterocycles. The van der Waals surface area contributed by atoms with E-state index in [0.29, 0.717) is 0 Å². The highest BCUT2D eigenvalue weighted by molar-refractivity contribution is 4.78. The van der Waals surface area contributed by atoms with E-state index >= 15 is 0 Å². The number of nitrogens with two attached hydrogens (primary N) is 2. The minimum atomic E-state index is -0.889. The van der Waals surface area contributed by atoms with Crippen molar-refractivity contribution in [2.24, 2.45) is 16.9 Å². The first kappa shape index (κ1) is 8.84. The molecule has 4 heteroatoms. The fraction of sp³-hybridized carbons (Fsp3) is 1.00. The fourth-order valence-electron chi connectivity index (χ4n) is 0.361. The van der Waals surface area contributed by atoms with Crippen LogP contribution >= 0.6 is 0 Å². The quantitative estimate of drug-likeness (QED) is 0.500. The Morgan fingerprint density at radius 2 is 1.33 bits per heavy atom. The summed E-state index contributed by atoms with van der Waals surface area (Å²) in [6.07, 6.45) is 0. The first-order valence-electron chi connectivity index (χ1n) is 2.81. The summed E-state index contributed by atoms with van der Waals surface area (Å²) in [7, 11) is 0. The van der Waals surface area contributed by atoms with Crippen LogP contribution in [-0.4, -0.2) is 26.3 Å². The molecule has 0 atom stereocenters. The smallest absolute Gasteiger partial charge is 0.0926 e. The van der Waals surface area contributed by atoms with Crippen LogP contribution in [0.3, 0.4) is 0 Å². The molecule has 9 heavy (non-hydrogen) atoms. The maximum Gasteiger partial charge on any atom is 0.0926 e. The molecule has 0 heterocycles. The Hall–Kier alpha value is -0.160. The van der Waals surface area contributed by atoms with Crippen molar-refractivity contribution in [1.29, 1.82) is 0 Å². The number of rotatable bonds is 4. The first-order chi connectivity index (χ1) is 4.24. The second kappa shape index (κ2) is 3.79. The molecule has 0 spiro atoms. The lowest BCUT2D eigenvalue weighted by Crippen LogP contribution is -2.43. The van der Waals surface area contributed by atoms with Crippen LogP contribution in [0.15, 0.2) is 0 Å². The Kier molecular flexibility index (Phi) is 3.72. The highest BCUT2D eigenvalue weighted by Gasteiger charge is 2.26. The zero-order valence-corrected chi connectivity index (χ0v) is 5.30.